The van der Waals surface area contributed by atoms with Crippen LogP contribution in [0.25, 0.3) is 10.9 Å². The number of H-pyrrole nitrogens is 1. The number of aromatic nitrogens is 2. The van der Waals surface area contributed by atoms with Crippen LogP contribution in [-0.4, -0.2) is 34.1 Å². The standard InChI is InChI=1S/C16H21N3O2/c1-3-18-8-6-12(7-9-18)19-15(20)13-10-11(2)4-5-14(13)17-16(19)21/h4-5,10,12H,3,6-9H2,1-2H3,(H,17,21). The third-order valence-electron chi connectivity index (χ3n) is 4.45. The maximum Gasteiger partial charge on any atom is 0.329 e. The van der Waals surface area contributed by atoms with Gasteiger partial charge >= 0.3 is 5.69 Å². The van der Waals surface area contributed by atoms with Crippen LogP contribution in [-0.2, 0) is 0 Å². The summed E-state index contributed by atoms with van der Waals surface area (Å²) in [5.74, 6) is 0. The van der Waals surface area contributed by atoms with E-state index >= 15 is 0 Å². The molecule has 21 heavy (non-hydrogen) atoms. The molecule has 2 heterocycles. The van der Waals surface area contributed by atoms with Crippen molar-refractivity contribution in [2.24, 2.45) is 0 Å². The monoisotopic (exact) mass is 287 g/mol. The topological polar surface area (TPSA) is 58.1 Å². The molecule has 0 atom stereocenters. The van der Waals surface area contributed by atoms with Crippen molar-refractivity contribution in [2.45, 2.75) is 32.7 Å². The molecule has 1 aliphatic rings. The van der Waals surface area contributed by atoms with Crippen molar-refractivity contribution in [1.29, 1.82) is 0 Å². The first-order chi connectivity index (χ1) is 10.1. The van der Waals surface area contributed by atoms with Crippen LogP contribution >= 0.6 is 0 Å². The van der Waals surface area contributed by atoms with Gasteiger partial charge < -0.3 is 9.88 Å². The highest BCUT2D eigenvalue weighted by Crippen LogP contribution is 2.20. The lowest BCUT2D eigenvalue weighted by Gasteiger charge is -2.31. The number of aromatic amines is 1. The van der Waals surface area contributed by atoms with E-state index in [4.69, 9.17) is 0 Å². The largest absolute Gasteiger partial charge is 0.329 e. The van der Waals surface area contributed by atoms with Crippen molar-refractivity contribution < 1.29 is 0 Å². The molecule has 0 bridgehead atoms. The number of fused-ring (bicyclic) bond motifs is 1. The lowest BCUT2D eigenvalue weighted by Crippen LogP contribution is -2.43. The van der Waals surface area contributed by atoms with E-state index in [1.54, 1.807) is 6.07 Å². The van der Waals surface area contributed by atoms with Gasteiger partial charge in [0.05, 0.1) is 10.9 Å². The second kappa shape index (κ2) is 5.48. The van der Waals surface area contributed by atoms with Gasteiger partial charge in [-0.2, -0.15) is 0 Å². The molecule has 5 heteroatoms. The molecule has 0 aliphatic carbocycles. The van der Waals surface area contributed by atoms with Crippen molar-refractivity contribution in [3.8, 4) is 0 Å². The van der Waals surface area contributed by atoms with Gasteiger partial charge in [0.1, 0.15) is 0 Å². The highest BCUT2D eigenvalue weighted by molar-refractivity contribution is 5.77. The van der Waals surface area contributed by atoms with Crippen molar-refractivity contribution in [1.82, 2.24) is 14.5 Å². The number of benzene rings is 1. The molecule has 1 aromatic heterocycles. The first-order valence-electron chi connectivity index (χ1n) is 7.57. The Labute approximate surface area is 123 Å². The Morgan fingerprint density at radius 2 is 1.95 bits per heavy atom. The molecule has 0 saturated carbocycles. The van der Waals surface area contributed by atoms with Gasteiger partial charge in [-0.15, -0.1) is 0 Å². The highest BCUT2D eigenvalue weighted by Gasteiger charge is 2.22. The molecule has 3 rings (SSSR count). The van der Waals surface area contributed by atoms with E-state index in [1.165, 1.54) is 4.57 Å². The molecule has 2 aromatic rings. The molecule has 1 saturated heterocycles. The van der Waals surface area contributed by atoms with Crippen LogP contribution in [0.3, 0.4) is 0 Å². The Morgan fingerprint density at radius 3 is 2.62 bits per heavy atom. The average Bonchev–Trinajstić information content (AvgIpc) is 2.49. The van der Waals surface area contributed by atoms with Crippen LogP contribution in [0, 0.1) is 6.92 Å². The maximum absolute atomic E-state index is 12.7. The predicted molar refractivity (Wildman–Crippen MR) is 84.0 cm³/mol. The van der Waals surface area contributed by atoms with Crippen molar-refractivity contribution in [3.63, 3.8) is 0 Å². The Morgan fingerprint density at radius 1 is 1.24 bits per heavy atom. The Hall–Kier alpha value is -1.88. The van der Waals surface area contributed by atoms with Crippen LogP contribution in [0.5, 0.6) is 0 Å². The number of piperidine rings is 1. The van der Waals surface area contributed by atoms with E-state index in [1.807, 2.05) is 19.1 Å². The fraction of sp³-hybridized carbons (Fsp3) is 0.500. The summed E-state index contributed by atoms with van der Waals surface area (Å²) in [6, 6.07) is 5.57. The van der Waals surface area contributed by atoms with Crippen LogP contribution < -0.4 is 11.2 Å². The average molecular weight is 287 g/mol. The summed E-state index contributed by atoms with van der Waals surface area (Å²) >= 11 is 0. The number of rotatable bonds is 2. The molecule has 0 amide bonds. The Bertz CT molecular complexity index is 767. The van der Waals surface area contributed by atoms with Gasteiger partial charge in [0.15, 0.2) is 0 Å². The normalized spacial score (nSPS) is 17.4. The van der Waals surface area contributed by atoms with Crippen molar-refractivity contribution in [3.05, 3.63) is 44.6 Å². The predicted octanol–water partition coefficient (Wildman–Crippen LogP) is 1.66. The molecule has 1 fully saturated rings. The second-order valence-corrected chi connectivity index (χ2v) is 5.82. The van der Waals surface area contributed by atoms with E-state index in [9.17, 15) is 9.59 Å². The molecule has 112 valence electrons. The van der Waals surface area contributed by atoms with E-state index in [-0.39, 0.29) is 17.3 Å². The zero-order chi connectivity index (χ0) is 15.0. The fourth-order valence-electron chi connectivity index (χ4n) is 3.17. The Balaban J connectivity index is 2.07. The number of nitrogens with one attached hydrogen (secondary N) is 1. The van der Waals surface area contributed by atoms with E-state index in [0.717, 1.165) is 38.0 Å². The molecular weight excluding hydrogens is 266 g/mol. The zero-order valence-corrected chi connectivity index (χ0v) is 12.6. The molecular formula is C16H21N3O2. The van der Waals surface area contributed by atoms with E-state index < -0.39 is 0 Å². The lowest BCUT2D eigenvalue weighted by atomic mass is 10.0. The van der Waals surface area contributed by atoms with Crippen LogP contribution in [0.2, 0.25) is 0 Å². The quantitative estimate of drug-likeness (QED) is 0.914. The van der Waals surface area contributed by atoms with Crippen molar-refractivity contribution >= 4 is 10.9 Å². The number of likely N-dealkylation sites (tertiary alicyclic amines) is 1. The zero-order valence-electron chi connectivity index (χ0n) is 12.6. The SMILES string of the molecule is CCN1CCC(n2c(=O)[nH]c3ccc(C)cc3c2=O)CC1. The molecule has 0 unspecified atom stereocenters. The summed E-state index contributed by atoms with van der Waals surface area (Å²) in [6.45, 7) is 7.00. The van der Waals surface area contributed by atoms with Crippen molar-refractivity contribution in [2.75, 3.05) is 19.6 Å². The van der Waals surface area contributed by atoms with Gasteiger partial charge in [0.2, 0.25) is 0 Å². The van der Waals surface area contributed by atoms with Crippen LogP contribution in [0.15, 0.2) is 27.8 Å². The van der Waals surface area contributed by atoms with Gasteiger partial charge in [-0.3, -0.25) is 9.36 Å². The number of nitrogens with zero attached hydrogens (tertiary/aromatic N) is 2. The minimum absolute atomic E-state index is 0.00830. The molecule has 0 radical (unpaired) electrons. The number of hydrogen-bond donors (Lipinski definition) is 1. The summed E-state index contributed by atoms with van der Waals surface area (Å²) in [5.41, 5.74) is 1.20. The highest BCUT2D eigenvalue weighted by atomic mass is 16.2. The maximum atomic E-state index is 12.7. The van der Waals surface area contributed by atoms with E-state index in [2.05, 4.69) is 16.8 Å². The second-order valence-electron chi connectivity index (χ2n) is 5.82. The summed E-state index contributed by atoms with van der Waals surface area (Å²) < 4.78 is 1.43. The molecule has 1 N–H and O–H groups in total. The van der Waals surface area contributed by atoms with Gasteiger partial charge in [0, 0.05) is 19.1 Å². The van der Waals surface area contributed by atoms with Gasteiger partial charge in [-0.1, -0.05) is 18.6 Å². The summed E-state index contributed by atoms with van der Waals surface area (Å²) in [7, 11) is 0. The molecule has 1 aliphatic heterocycles. The van der Waals surface area contributed by atoms with Gasteiger partial charge in [-0.25, -0.2) is 4.79 Å². The number of hydrogen-bond acceptors (Lipinski definition) is 3. The minimum atomic E-state index is -0.286. The smallest absolute Gasteiger partial charge is 0.307 e. The van der Waals surface area contributed by atoms with E-state index in [0.29, 0.717) is 10.9 Å². The number of aryl methyl sites for hydroxylation is 1. The van der Waals surface area contributed by atoms with Gasteiger partial charge in [0.25, 0.3) is 5.56 Å². The summed E-state index contributed by atoms with van der Waals surface area (Å²) in [6.07, 6.45) is 1.71. The molecule has 1 aromatic carbocycles. The fourth-order valence-corrected chi connectivity index (χ4v) is 3.17. The lowest BCUT2D eigenvalue weighted by molar-refractivity contribution is 0.190. The van der Waals surface area contributed by atoms with Crippen LogP contribution in [0.4, 0.5) is 0 Å². The Kier molecular flexibility index (Phi) is 3.68. The molecule has 0 spiro atoms. The summed E-state index contributed by atoms with van der Waals surface area (Å²) in [5, 5.41) is 0.604. The van der Waals surface area contributed by atoms with Crippen LogP contribution in [0.1, 0.15) is 31.4 Å². The summed E-state index contributed by atoms with van der Waals surface area (Å²) in [4.78, 5) is 30.2. The minimum Gasteiger partial charge on any atom is -0.307 e. The first-order valence-corrected chi connectivity index (χ1v) is 7.57. The first kappa shape index (κ1) is 14.1. The molecule has 5 nitrogen and oxygen atoms in total. The third-order valence-corrected chi connectivity index (χ3v) is 4.45. The third kappa shape index (κ3) is 2.53. The van der Waals surface area contributed by atoms with Gasteiger partial charge in [-0.05, 0) is 38.4 Å².